The summed E-state index contributed by atoms with van der Waals surface area (Å²) in [6.45, 7) is 6.55. The van der Waals surface area contributed by atoms with Crippen molar-refractivity contribution in [3.05, 3.63) is 83.7 Å². The van der Waals surface area contributed by atoms with Crippen LogP contribution >= 0.6 is 0 Å². The van der Waals surface area contributed by atoms with Crippen molar-refractivity contribution in [3.63, 3.8) is 0 Å². The number of hydrogen-bond donors (Lipinski definition) is 1. The lowest BCUT2D eigenvalue weighted by Gasteiger charge is -2.47. The molecule has 0 atom stereocenters. The molecular weight excluding hydrogens is 473 g/mol. The zero-order valence-corrected chi connectivity index (χ0v) is 21.4. The topological polar surface area (TPSA) is 76.1 Å². The number of likely N-dealkylation sites (tertiary alicyclic amines) is 1. The van der Waals surface area contributed by atoms with Gasteiger partial charge in [0.2, 0.25) is 5.91 Å². The number of Topliss-reactive ketones (excluding diaryl/α,β-unsaturated/α-hetero) is 1. The highest BCUT2D eigenvalue weighted by molar-refractivity contribution is 5.95. The van der Waals surface area contributed by atoms with E-state index in [1.807, 2.05) is 20.8 Å². The number of carbonyl (C=O) groups is 2. The van der Waals surface area contributed by atoms with Crippen LogP contribution in [0.4, 0.5) is 4.39 Å². The zero-order chi connectivity index (χ0) is 26.6. The summed E-state index contributed by atoms with van der Waals surface area (Å²) in [6, 6.07) is 17.7. The minimum atomic E-state index is -0.822. The molecule has 3 aromatic rings. The number of β-amino-alcohol motifs (C(OH)–C–C–N with tert-alkyl or cyclic N) is 1. The van der Waals surface area contributed by atoms with E-state index in [2.05, 4.69) is 0 Å². The quantitative estimate of drug-likeness (QED) is 0.334. The number of hydrogen-bond acceptors (Lipinski definition) is 5. The first-order valence-electron chi connectivity index (χ1n) is 12.5. The van der Waals surface area contributed by atoms with E-state index in [0.29, 0.717) is 66.0 Å². The van der Waals surface area contributed by atoms with Gasteiger partial charge in [0.25, 0.3) is 0 Å². The van der Waals surface area contributed by atoms with Gasteiger partial charge in [0.15, 0.2) is 5.78 Å². The normalized spacial score (nSPS) is 14.3. The van der Waals surface area contributed by atoms with Gasteiger partial charge in [-0.05, 0) is 78.6 Å². The summed E-state index contributed by atoms with van der Waals surface area (Å²) in [5.41, 5.74) is 0.468. The highest BCUT2D eigenvalue weighted by Gasteiger charge is 2.43. The van der Waals surface area contributed by atoms with Crippen LogP contribution in [0.1, 0.15) is 49.5 Å². The van der Waals surface area contributed by atoms with Crippen LogP contribution in [0.15, 0.2) is 66.7 Å². The van der Waals surface area contributed by atoms with Gasteiger partial charge in [-0.15, -0.1) is 0 Å². The number of carbonyl (C=O) groups excluding carboxylic acids is 2. The molecule has 0 spiro atoms. The molecule has 1 heterocycles. The van der Waals surface area contributed by atoms with Crippen LogP contribution in [0.2, 0.25) is 0 Å². The van der Waals surface area contributed by atoms with Crippen molar-refractivity contribution >= 4 is 11.7 Å². The molecule has 1 aliphatic heterocycles. The fraction of sp³-hybridized carbons (Fsp3) is 0.333. The van der Waals surface area contributed by atoms with Crippen molar-refractivity contribution in [2.24, 2.45) is 5.92 Å². The predicted octanol–water partition coefficient (Wildman–Crippen LogP) is 6.16. The highest BCUT2D eigenvalue weighted by atomic mass is 19.1. The van der Waals surface area contributed by atoms with E-state index in [0.717, 1.165) is 0 Å². The number of halogens is 1. The van der Waals surface area contributed by atoms with E-state index >= 15 is 0 Å². The van der Waals surface area contributed by atoms with Gasteiger partial charge in [-0.25, -0.2) is 4.39 Å². The summed E-state index contributed by atoms with van der Waals surface area (Å²) < 4.78 is 25.3. The Bertz CT molecular complexity index is 1250. The zero-order valence-electron chi connectivity index (χ0n) is 21.4. The van der Waals surface area contributed by atoms with Crippen LogP contribution in [-0.4, -0.2) is 40.4 Å². The number of ether oxygens (including phenoxy) is 2. The Hall–Kier alpha value is -3.71. The van der Waals surface area contributed by atoms with Crippen molar-refractivity contribution in [1.82, 2.24) is 4.90 Å². The van der Waals surface area contributed by atoms with Gasteiger partial charge in [0.05, 0.1) is 25.1 Å². The van der Waals surface area contributed by atoms with Crippen LogP contribution in [0, 0.1) is 11.7 Å². The number of rotatable bonds is 10. The number of benzene rings is 3. The Kier molecular flexibility index (Phi) is 7.93. The minimum Gasteiger partial charge on any atom is -0.457 e. The molecule has 0 bridgehead atoms. The molecule has 0 saturated carbocycles. The van der Waals surface area contributed by atoms with E-state index in [4.69, 9.17) is 9.47 Å². The van der Waals surface area contributed by atoms with E-state index in [1.165, 1.54) is 24.3 Å². The lowest BCUT2D eigenvalue weighted by Crippen LogP contribution is -2.64. The first-order valence-corrected chi connectivity index (χ1v) is 12.5. The van der Waals surface area contributed by atoms with Crippen molar-refractivity contribution in [1.29, 1.82) is 0 Å². The third kappa shape index (κ3) is 6.95. The molecule has 1 fully saturated rings. The van der Waals surface area contributed by atoms with Gasteiger partial charge in [0, 0.05) is 18.1 Å². The van der Waals surface area contributed by atoms with Crippen LogP contribution < -0.4 is 9.47 Å². The highest BCUT2D eigenvalue weighted by Crippen LogP contribution is 2.32. The van der Waals surface area contributed by atoms with Crippen molar-refractivity contribution in [2.45, 2.75) is 45.6 Å². The number of aliphatic hydroxyl groups is 1. The lowest BCUT2D eigenvalue weighted by atomic mass is 9.85. The second kappa shape index (κ2) is 11.1. The standard InChI is InChI=1S/C30H32FNO5/c1-4-28(33)22-5-9-24(10-6-22)36-26-13-21(14-27(16-26)37-25-11-7-23(31)8-12-25)15-29(34)32-18-30(35,19-32)17-20(2)3/h5-14,16,20,35H,4,15,17-19H2,1-3H3. The van der Waals surface area contributed by atoms with Crippen molar-refractivity contribution in [2.75, 3.05) is 13.1 Å². The summed E-state index contributed by atoms with van der Waals surface area (Å²) in [5, 5.41) is 10.6. The average molecular weight is 506 g/mol. The Labute approximate surface area is 216 Å². The van der Waals surface area contributed by atoms with E-state index in [-0.39, 0.29) is 23.9 Å². The molecular formula is C30H32FNO5. The molecule has 1 aliphatic rings. The van der Waals surface area contributed by atoms with Gasteiger partial charge in [-0.3, -0.25) is 9.59 Å². The van der Waals surface area contributed by atoms with E-state index in [1.54, 1.807) is 47.4 Å². The summed E-state index contributed by atoms with van der Waals surface area (Å²) in [6.07, 6.45) is 1.18. The number of nitrogens with zero attached hydrogens (tertiary/aromatic N) is 1. The van der Waals surface area contributed by atoms with Crippen LogP contribution in [0.5, 0.6) is 23.0 Å². The van der Waals surface area contributed by atoms with Crippen LogP contribution in [0.25, 0.3) is 0 Å². The molecule has 0 unspecified atom stereocenters. The molecule has 1 saturated heterocycles. The molecule has 3 aromatic carbocycles. The third-order valence-corrected chi connectivity index (χ3v) is 6.19. The Morgan fingerprint density at radius 1 is 0.919 bits per heavy atom. The molecule has 1 N–H and O–H groups in total. The van der Waals surface area contributed by atoms with Crippen molar-refractivity contribution in [3.8, 4) is 23.0 Å². The molecule has 7 heteroatoms. The number of amides is 1. The van der Waals surface area contributed by atoms with Gasteiger partial charge < -0.3 is 19.5 Å². The summed E-state index contributed by atoms with van der Waals surface area (Å²) >= 11 is 0. The molecule has 1 amide bonds. The first kappa shape index (κ1) is 26.4. The molecule has 0 radical (unpaired) electrons. The second-order valence-corrected chi connectivity index (χ2v) is 10.0. The first-order chi connectivity index (χ1) is 17.6. The lowest BCUT2D eigenvalue weighted by molar-refractivity contribution is -0.157. The van der Waals surface area contributed by atoms with Crippen LogP contribution in [0.3, 0.4) is 0 Å². The Balaban J connectivity index is 1.52. The predicted molar refractivity (Wildman–Crippen MR) is 139 cm³/mol. The average Bonchev–Trinajstić information content (AvgIpc) is 2.83. The SMILES string of the molecule is CCC(=O)c1ccc(Oc2cc(CC(=O)N3CC(O)(CC(C)C)C3)cc(Oc3ccc(F)cc3)c2)cc1. The minimum absolute atomic E-state index is 0.0494. The molecule has 4 rings (SSSR count). The second-order valence-electron chi connectivity index (χ2n) is 10.0. The maximum absolute atomic E-state index is 13.3. The maximum Gasteiger partial charge on any atom is 0.227 e. The molecule has 0 aromatic heterocycles. The van der Waals surface area contributed by atoms with Crippen LogP contribution in [-0.2, 0) is 11.2 Å². The van der Waals surface area contributed by atoms with Crippen molar-refractivity contribution < 1.29 is 28.6 Å². The monoisotopic (exact) mass is 505 g/mol. The summed E-state index contributed by atoms with van der Waals surface area (Å²) in [4.78, 5) is 26.5. The third-order valence-electron chi connectivity index (χ3n) is 6.19. The van der Waals surface area contributed by atoms with Gasteiger partial charge in [-0.2, -0.15) is 0 Å². The Morgan fingerprint density at radius 2 is 1.46 bits per heavy atom. The number of ketones is 1. The smallest absolute Gasteiger partial charge is 0.227 e. The summed E-state index contributed by atoms with van der Waals surface area (Å²) in [7, 11) is 0. The molecule has 0 aliphatic carbocycles. The fourth-order valence-corrected chi connectivity index (χ4v) is 4.55. The summed E-state index contributed by atoms with van der Waals surface area (Å²) in [5.74, 6) is 1.80. The van der Waals surface area contributed by atoms with E-state index in [9.17, 15) is 19.1 Å². The molecule has 37 heavy (non-hydrogen) atoms. The maximum atomic E-state index is 13.3. The molecule has 194 valence electrons. The van der Waals surface area contributed by atoms with Gasteiger partial charge in [0.1, 0.15) is 28.8 Å². The Morgan fingerprint density at radius 3 is 1.97 bits per heavy atom. The molecule has 6 nitrogen and oxygen atoms in total. The largest absolute Gasteiger partial charge is 0.457 e. The fourth-order valence-electron chi connectivity index (χ4n) is 4.55. The van der Waals surface area contributed by atoms with Gasteiger partial charge >= 0.3 is 0 Å². The van der Waals surface area contributed by atoms with Gasteiger partial charge in [-0.1, -0.05) is 20.8 Å². The van der Waals surface area contributed by atoms with E-state index < -0.39 is 5.60 Å².